The smallest absolute Gasteiger partial charge is 0.146 e. The Morgan fingerprint density at radius 3 is 2.55 bits per heavy atom. The van der Waals surface area contributed by atoms with Crippen molar-refractivity contribution in [3.05, 3.63) is 0 Å². The molecule has 0 aromatic carbocycles. The first-order valence-electron chi connectivity index (χ1n) is 9.12. The van der Waals surface area contributed by atoms with E-state index in [1.165, 1.54) is 6.42 Å². The molecule has 7 atom stereocenters. The lowest BCUT2D eigenvalue weighted by molar-refractivity contribution is -0.159. The van der Waals surface area contributed by atoms with Crippen LogP contribution in [-0.2, 0) is 9.59 Å². The summed E-state index contributed by atoms with van der Waals surface area (Å²) < 4.78 is 0. The fraction of sp³-hybridized carbons (Fsp3) is 0.895. The standard InChI is InChI=1S/C19H28O3/c1-18-8-7-12(20)9-11(18)3-4-13-14-5-6-16(21)19(14,2)17(22)10-15(13)18/h11-15,20H,3-10H2,1-2H3. The summed E-state index contributed by atoms with van der Waals surface area (Å²) >= 11 is 0. The zero-order valence-electron chi connectivity index (χ0n) is 13.8. The predicted molar refractivity (Wildman–Crippen MR) is 83.1 cm³/mol. The van der Waals surface area contributed by atoms with E-state index in [1.54, 1.807) is 0 Å². The summed E-state index contributed by atoms with van der Waals surface area (Å²) in [5.41, 5.74) is -0.469. The van der Waals surface area contributed by atoms with Crippen LogP contribution in [-0.4, -0.2) is 22.8 Å². The van der Waals surface area contributed by atoms with Crippen molar-refractivity contribution in [2.24, 2.45) is 34.5 Å². The molecule has 4 fully saturated rings. The van der Waals surface area contributed by atoms with Gasteiger partial charge in [-0.25, -0.2) is 0 Å². The molecule has 0 aliphatic heterocycles. The first-order chi connectivity index (χ1) is 10.4. The van der Waals surface area contributed by atoms with Crippen molar-refractivity contribution < 1.29 is 14.7 Å². The lowest BCUT2D eigenvalue weighted by Gasteiger charge is -2.59. The van der Waals surface area contributed by atoms with Gasteiger partial charge in [-0.3, -0.25) is 9.59 Å². The van der Waals surface area contributed by atoms with Gasteiger partial charge in [0.2, 0.25) is 0 Å². The van der Waals surface area contributed by atoms with Gasteiger partial charge < -0.3 is 5.11 Å². The number of Topliss-reactive ketones (excluding diaryl/α,β-unsaturated/α-hetero) is 2. The van der Waals surface area contributed by atoms with E-state index in [0.717, 1.165) is 32.1 Å². The highest BCUT2D eigenvalue weighted by atomic mass is 16.3. The number of hydrogen-bond donors (Lipinski definition) is 1. The molecule has 0 bridgehead atoms. The second-order valence-corrected chi connectivity index (χ2v) is 8.88. The Bertz CT molecular complexity index is 527. The first-order valence-corrected chi connectivity index (χ1v) is 9.12. The number of carbonyl (C=O) groups is 2. The SMILES string of the molecule is CC12C(=O)CCC1C1CCC3CC(O)CCC3(C)C1CC2=O. The average molecular weight is 304 g/mol. The predicted octanol–water partition coefficient (Wildman–Crippen LogP) is 3.14. The van der Waals surface area contributed by atoms with Crippen LogP contribution in [0.25, 0.3) is 0 Å². The molecule has 0 amide bonds. The third-order valence-electron chi connectivity index (χ3n) is 8.22. The maximum Gasteiger partial charge on any atom is 0.146 e. The molecule has 22 heavy (non-hydrogen) atoms. The van der Waals surface area contributed by atoms with Crippen molar-refractivity contribution in [1.82, 2.24) is 0 Å². The Hall–Kier alpha value is -0.700. The average Bonchev–Trinajstić information content (AvgIpc) is 2.79. The van der Waals surface area contributed by atoms with Crippen LogP contribution in [0.2, 0.25) is 0 Å². The van der Waals surface area contributed by atoms with E-state index >= 15 is 0 Å². The number of aliphatic hydroxyl groups is 1. The normalized spacial score (nSPS) is 54.6. The van der Waals surface area contributed by atoms with Crippen molar-refractivity contribution in [1.29, 1.82) is 0 Å². The van der Waals surface area contributed by atoms with Crippen LogP contribution in [0.5, 0.6) is 0 Å². The van der Waals surface area contributed by atoms with E-state index in [1.807, 2.05) is 6.92 Å². The van der Waals surface area contributed by atoms with E-state index in [9.17, 15) is 14.7 Å². The van der Waals surface area contributed by atoms with E-state index in [-0.39, 0.29) is 29.0 Å². The molecule has 3 nitrogen and oxygen atoms in total. The minimum atomic E-state index is -0.668. The Balaban J connectivity index is 1.69. The Morgan fingerprint density at radius 1 is 1.00 bits per heavy atom. The minimum Gasteiger partial charge on any atom is -0.393 e. The molecule has 0 aromatic rings. The second kappa shape index (κ2) is 4.66. The van der Waals surface area contributed by atoms with E-state index in [2.05, 4.69) is 6.92 Å². The van der Waals surface area contributed by atoms with Gasteiger partial charge in [0.15, 0.2) is 0 Å². The van der Waals surface area contributed by atoms with Gasteiger partial charge in [0.1, 0.15) is 11.6 Å². The molecule has 0 spiro atoms. The largest absolute Gasteiger partial charge is 0.393 e. The number of aliphatic hydroxyl groups excluding tert-OH is 1. The summed E-state index contributed by atoms with van der Waals surface area (Å²) in [7, 11) is 0. The number of ketones is 2. The maximum absolute atomic E-state index is 12.9. The van der Waals surface area contributed by atoms with Crippen LogP contribution in [0.1, 0.15) is 65.2 Å². The third kappa shape index (κ3) is 1.72. The quantitative estimate of drug-likeness (QED) is 0.700. The molecule has 1 N–H and O–H groups in total. The summed E-state index contributed by atoms with van der Waals surface area (Å²) in [6.45, 7) is 4.30. The van der Waals surface area contributed by atoms with Gasteiger partial charge in [-0.05, 0) is 74.5 Å². The highest BCUT2D eigenvalue weighted by molar-refractivity contribution is 6.09. The monoisotopic (exact) mass is 304 g/mol. The van der Waals surface area contributed by atoms with Crippen molar-refractivity contribution in [3.63, 3.8) is 0 Å². The number of fused-ring (bicyclic) bond motifs is 5. The molecular formula is C19H28O3. The Labute approximate surface area is 132 Å². The zero-order valence-corrected chi connectivity index (χ0v) is 13.8. The van der Waals surface area contributed by atoms with Crippen LogP contribution in [0.3, 0.4) is 0 Å². The molecule has 7 unspecified atom stereocenters. The van der Waals surface area contributed by atoms with Crippen LogP contribution < -0.4 is 0 Å². The van der Waals surface area contributed by atoms with Gasteiger partial charge in [0.05, 0.1) is 11.5 Å². The molecule has 0 aromatic heterocycles. The summed E-state index contributed by atoms with van der Waals surface area (Å²) in [5, 5.41) is 10.0. The third-order valence-corrected chi connectivity index (χ3v) is 8.22. The molecule has 0 heterocycles. The van der Waals surface area contributed by atoms with Crippen LogP contribution >= 0.6 is 0 Å². The summed E-state index contributed by atoms with van der Waals surface area (Å²) in [5.74, 6) is 2.25. The van der Waals surface area contributed by atoms with Gasteiger partial charge in [0, 0.05) is 12.8 Å². The minimum absolute atomic E-state index is 0.146. The van der Waals surface area contributed by atoms with Crippen molar-refractivity contribution in [3.8, 4) is 0 Å². The summed E-state index contributed by atoms with van der Waals surface area (Å²) in [6, 6.07) is 0. The topological polar surface area (TPSA) is 54.4 Å². The van der Waals surface area contributed by atoms with Gasteiger partial charge in [-0.15, -0.1) is 0 Å². The number of rotatable bonds is 0. The molecule has 4 aliphatic carbocycles. The fourth-order valence-corrected chi connectivity index (χ4v) is 6.74. The second-order valence-electron chi connectivity index (χ2n) is 8.88. The lowest BCUT2D eigenvalue weighted by atomic mass is 9.45. The van der Waals surface area contributed by atoms with Gasteiger partial charge >= 0.3 is 0 Å². The lowest BCUT2D eigenvalue weighted by Crippen LogP contribution is -2.57. The van der Waals surface area contributed by atoms with Crippen molar-refractivity contribution in [2.75, 3.05) is 0 Å². The molecule has 4 saturated carbocycles. The van der Waals surface area contributed by atoms with E-state index in [4.69, 9.17) is 0 Å². The number of hydrogen-bond acceptors (Lipinski definition) is 3. The van der Waals surface area contributed by atoms with E-state index < -0.39 is 5.41 Å². The van der Waals surface area contributed by atoms with E-state index in [0.29, 0.717) is 30.6 Å². The molecule has 122 valence electrons. The molecule has 0 saturated heterocycles. The number of carbonyl (C=O) groups excluding carboxylic acids is 2. The Kier molecular flexibility index (Phi) is 3.15. The van der Waals surface area contributed by atoms with Crippen molar-refractivity contribution in [2.45, 2.75) is 71.3 Å². The summed E-state index contributed by atoms with van der Waals surface area (Å²) in [4.78, 5) is 25.2. The molecule has 3 heteroatoms. The fourth-order valence-electron chi connectivity index (χ4n) is 6.74. The highest BCUT2D eigenvalue weighted by Crippen LogP contribution is 2.64. The van der Waals surface area contributed by atoms with Gasteiger partial charge in [0.25, 0.3) is 0 Å². The zero-order chi connectivity index (χ0) is 15.7. The van der Waals surface area contributed by atoms with Gasteiger partial charge in [-0.2, -0.15) is 0 Å². The molecule has 0 radical (unpaired) electrons. The van der Waals surface area contributed by atoms with Crippen molar-refractivity contribution >= 4 is 11.6 Å². The summed E-state index contributed by atoms with van der Waals surface area (Å²) in [6.07, 6.45) is 7.15. The first kappa shape index (κ1) is 14.9. The Morgan fingerprint density at radius 2 is 1.77 bits per heavy atom. The molecule has 4 rings (SSSR count). The molecule has 4 aliphatic rings. The van der Waals surface area contributed by atoms with Crippen LogP contribution in [0.4, 0.5) is 0 Å². The maximum atomic E-state index is 12.9. The van der Waals surface area contributed by atoms with Crippen LogP contribution in [0, 0.1) is 34.5 Å². The van der Waals surface area contributed by atoms with Crippen LogP contribution in [0.15, 0.2) is 0 Å². The van der Waals surface area contributed by atoms with Gasteiger partial charge in [-0.1, -0.05) is 6.92 Å². The molecular weight excluding hydrogens is 276 g/mol. The highest BCUT2D eigenvalue weighted by Gasteiger charge is 2.63.